The number of aryl methyl sites for hydroxylation is 6. The Bertz CT molecular complexity index is 1150. The minimum atomic E-state index is -1.78. The summed E-state index contributed by atoms with van der Waals surface area (Å²) in [5, 5.41) is 5.80. The van der Waals surface area contributed by atoms with Crippen LogP contribution in [0.3, 0.4) is 0 Å². The van der Waals surface area contributed by atoms with Gasteiger partial charge in [-0.3, -0.25) is 0 Å². The maximum atomic E-state index is 5.64. The Hall–Kier alpha value is -0.673. The van der Waals surface area contributed by atoms with E-state index in [0.717, 1.165) is 0 Å². The third-order valence-corrected chi connectivity index (χ3v) is 33.6. The van der Waals surface area contributed by atoms with Crippen molar-refractivity contribution in [1.82, 2.24) is 0 Å². The summed E-state index contributed by atoms with van der Waals surface area (Å²) in [6.45, 7) is 17.6. The molecule has 0 saturated heterocycles. The SMILES string of the molecule is CCCc1ccc(C)c2[cH-]c(C)cc12.CCCc1ccc(C)c2[cH-]c(C)cc12.C[Si](C)=[Hf]([Cl])[Cl]. The molecule has 34 heavy (non-hydrogen) atoms. The van der Waals surface area contributed by atoms with Crippen molar-refractivity contribution >= 4 is 44.2 Å². The van der Waals surface area contributed by atoms with Crippen LogP contribution in [0.5, 0.6) is 0 Å². The quantitative estimate of drug-likeness (QED) is 0.149. The van der Waals surface area contributed by atoms with Crippen LogP contribution in [0.15, 0.2) is 48.5 Å². The molecule has 0 N–H and O–H groups in total. The number of hydrogen-bond acceptors (Lipinski definition) is 0. The van der Waals surface area contributed by atoms with Crippen LogP contribution in [0.2, 0.25) is 13.1 Å². The van der Waals surface area contributed by atoms with Gasteiger partial charge in [0.05, 0.1) is 0 Å². The van der Waals surface area contributed by atoms with Gasteiger partial charge in [-0.25, -0.2) is 0 Å². The van der Waals surface area contributed by atoms with E-state index in [4.69, 9.17) is 17.2 Å². The van der Waals surface area contributed by atoms with Crippen LogP contribution >= 0.6 is 17.2 Å². The van der Waals surface area contributed by atoms with Crippen molar-refractivity contribution in [1.29, 1.82) is 0 Å². The van der Waals surface area contributed by atoms with Crippen molar-refractivity contribution in [2.24, 2.45) is 0 Å². The topological polar surface area (TPSA) is 0 Å². The molecule has 4 rings (SSSR count). The molecule has 0 heterocycles. The normalized spacial score (nSPS) is 10.5. The Labute approximate surface area is 222 Å². The molecule has 0 unspecified atom stereocenters. The van der Waals surface area contributed by atoms with Crippen LogP contribution in [0, 0.1) is 27.7 Å². The van der Waals surface area contributed by atoms with Crippen molar-refractivity contribution in [3.8, 4) is 0 Å². The zero-order valence-electron chi connectivity index (χ0n) is 22.2. The van der Waals surface area contributed by atoms with E-state index in [0.29, 0.717) is 0 Å². The second-order valence-corrected chi connectivity index (χ2v) is 41.3. The van der Waals surface area contributed by atoms with Crippen LogP contribution in [-0.2, 0) is 30.5 Å². The zero-order chi connectivity index (χ0) is 25.4. The number of rotatable bonds is 4. The molecule has 0 saturated carbocycles. The van der Waals surface area contributed by atoms with Gasteiger partial charge in [0.15, 0.2) is 0 Å². The third-order valence-electron chi connectivity index (χ3n) is 6.10. The van der Waals surface area contributed by atoms with Gasteiger partial charge in [0.2, 0.25) is 0 Å². The van der Waals surface area contributed by atoms with Gasteiger partial charge in [0.25, 0.3) is 0 Å². The molecule has 4 heteroatoms. The summed E-state index contributed by atoms with van der Waals surface area (Å²) >= 11 is -1.78. The van der Waals surface area contributed by atoms with E-state index in [-0.39, 0.29) is 5.49 Å². The first-order valence-electron chi connectivity index (χ1n) is 12.4. The molecule has 0 atom stereocenters. The minimum absolute atomic E-state index is 0.208. The first-order valence-corrected chi connectivity index (χ1v) is 29.2. The Morgan fingerprint density at radius 2 is 1.06 bits per heavy atom. The fourth-order valence-electron chi connectivity index (χ4n) is 4.27. The molecule has 0 fully saturated rings. The Morgan fingerprint density at radius 1 is 0.706 bits per heavy atom. The second-order valence-electron chi connectivity index (χ2n) is 9.56. The summed E-state index contributed by atoms with van der Waals surface area (Å²) in [4.78, 5) is 0. The van der Waals surface area contributed by atoms with Crippen molar-refractivity contribution in [2.75, 3.05) is 0 Å². The van der Waals surface area contributed by atoms with Gasteiger partial charge in [-0.1, -0.05) is 77.6 Å². The molecular weight excluding hydrogens is 638 g/mol. The third kappa shape index (κ3) is 8.19. The molecule has 0 bridgehead atoms. The predicted molar refractivity (Wildman–Crippen MR) is 155 cm³/mol. The summed E-state index contributed by atoms with van der Waals surface area (Å²) in [7, 11) is 11.3. The molecule has 0 aromatic heterocycles. The Morgan fingerprint density at radius 3 is 1.35 bits per heavy atom. The van der Waals surface area contributed by atoms with E-state index >= 15 is 0 Å². The first-order chi connectivity index (χ1) is 16.1. The monoisotopic (exact) mass is 678 g/mol. The Balaban J connectivity index is 0.000000196. The van der Waals surface area contributed by atoms with Gasteiger partial charge in [0, 0.05) is 0 Å². The summed E-state index contributed by atoms with van der Waals surface area (Å²) < 4.78 is 0. The van der Waals surface area contributed by atoms with E-state index in [9.17, 15) is 0 Å². The summed E-state index contributed by atoms with van der Waals surface area (Å²) in [6.07, 6.45) is 4.84. The standard InChI is InChI=1S/2C14H17.C2H6Si.2ClH.Hf/c2*1-4-5-12-7-6-11(3)13-8-10(2)9-14(12)13;1-3-2;;;/h2*6-9H,4-5H2,1-3H3;1-2H3;2*1H;/q2*-1;;;;+2/p-2. The molecule has 0 amide bonds. The van der Waals surface area contributed by atoms with Crippen molar-refractivity contribution in [3.05, 3.63) is 81.9 Å². The van der Waals surface area contributed by atoms with Crippen LogP contribution in [0.25, 0.3) is 21.5 Å². The van der Waals surface area contributed by atoms with Crippen LogP contribution in [-0.4, -0.2) is 5.49 Å². The van der Waals surface area contributed by atoms with E-state index in [2.05, 4.69) is 103 Å². The maximum absolute atomic E-state index is 5.64. The molecule has 0 radical (unpaired) electrons. The van der Waals surface area contributed by atoms with E-state index in [1.54, 1.807) is 0 Å². The average Bonchev–Trinajstić information content (AvgIpc) is 3.37. The fourth-order valence-corrected chi connectivity index (χ4v) is 4.27. The second kappa shape index (κ2) is 14.2. The van der Waals surface area contributed by atoms with Gasteiger partial charge in [-0.2, -0.15) is 12.1 Å². The van der Waals surface area contributed by atoms with Gasteiger partial charge < -0.3 is 0 Å². The molecule has 0 aliphatic rings. The Kier molecular flexibility index (Phi) is 12.3. The molecular formula is C30H40Cl2HfSi-2. The molecule has 4 aromatic rings. The number of halogens is 2. The van der Waals surface area contributed by atoms with Crippen molar-refractivity contribution < 1.29 is 17.7 Å². The van der Waals surface area contributed by atoms with Gasteiger partial charge in [-0.15, -0.1) is 68.1 Å². The number of fused-ring (bicyclic) bond motifs is 2. The van der Waals surface area contributed by atoms with Crippen molar-refractivity contribution in [2.45, 2.75) is 80.3 Å². The van der Waals surface area contributed by atoms with Crippen LogP contribution < -0.4 is 0 Å². The predicted octanol–water partition coefficient (Wildman–Crippen LogP) is 10.4. The fraction of sp³-hybridized carbons (Fsp3) is 0.400. The average molecular weight is 678 g/mol. The zero-order valence-corrected chi connectivity index (χ0v) is 28.3. The summed E-state index contributed by atoms with van der Waals surface area (Å²) in [6, 6.07) is 18.3. The van der Waals surface area contributed by atoms with Crippen LogP contribution in [0.4, 0.5) is 0 Å². The molecule has 0 aliphatic heterocycles. The first kappa shape index (κ1) is 29.6. The van der Waals surface area contributed by atoms with Gasteiger partial charge >= 0.3 is 53.4 Å². The van der Waals surface area contributed by atoms with Gasteiger partial charge in [0.1, 0.15) is 0 Å². The molecule has 0 nitrogen and oxygen atoms in total. The van der Waals surface area contributed by atoms with Gasteiger partial charge in [-0.05, 0) is 12.8 Å². The molecule has 0 aliphatic carbocycles. The summed E-state index contributed by atoms with van der Waals surface area (Å²) in [5.41, 5.74) is 8.35. The van der Waals surface area contributed by atoms with Crippen molar-refractivity contribution in [3.63, 3.8) is 0 Å². The van der Waals surface area contributed by atoms with E-state index < -0.39 is 17.7 Å². The van der Waals surface area contributed by atoms with E-state index in [1.165, 1.54) is 80.6 Å². The molecule has 4 aromatic carbocycles. The number of benzene rings is 2. The molecule has 0 spiro atoms. The summed E-state index contributed by atoms with van der Waals surface area (Å²) in [5.74, 6) is 0. The van der Waals surface area contributed by atoms with E-state index in [1.807, 2.05) is 0 Å². The van der Waals surface area contributed by atoms with Crippen LogP contribution in [0.1, 0.15) is 60.1 Å². The number of hydrogen-bond donors (Lipinski definition) is 0. The molecule has 184 valence electrons.